The van der Waals surface area contributed by atoms with E-state index in [0.717, 1.165) is 19.5 Å². The third-order valence-corrected chi connectivity index (χ3v) is 4.22. The van der Waals surface area contributed by atoms with Gasteiger partial charge in [-0.05, 0) is 49.8 Å². The van der Waals surface area contributed by atoms with Gasteiger partial charge < -0.3 is 18.8 Å². The molecule has 2 rings (SSSR count). The summed E-state index contributed by atoms with van der Waals surface area (Å²) in [6, 6.07) is 8.36. The normalized spacial score (nSPS) is 10.8. The van der Waals surface area contributed by atoms with Crippen LogP contribution in [-0.2, 0) is 4.74 Å². The zero-order valence-electron chi connectivity index (χ0n) is 16.2. The minimum atomic E-state index is -0.396. The molecule has 0 amide bonds. The summed E-state index contributed by atoms with van der Waals surface area (Å²) in [6.45, 7) is 9.57. The molecule has 0 atom stereocenters. The molecule has 0 spiro atoms. The minimum absolute atomic E-state index is 0.221. The van der Waals surface area contributed by atoms with Gasteiger partial charge >= 0.3 is 5.97 Å². The average Bonchev–Trinajstić information content (AvgIpc) is 3.18. The van der Waals surface area contributed by atoms with Crippen molar-refractivity contribution in [2.45, 2.75) is 27.2 Å². The molecule has 0 bridgehead atoms. The molecular weight excluding hydrogens is 346 g/mol. The largest absolute Gasteiger partial charge is 0.493 e. The molecule has 0 saturated heterocycles. The summed E-state index contributed by atoms with van der Waals surface area (Å²) >= 11 is 0. The van der Waals surface area contributed by atoms with Gasteiger partial charge in [0.05, 0.1) is 17.7 Å². The first kappa shape index (κ1) is 20.7. The van der Waals surface area contributed by atoms with Crippen molar-refractivity contribution in [3.05, 3.63) is 41.7 Å². The molecule has 0 aliphatic rings. The second-order valence-electron chi connectivity index (χ2n) is 6.04. The number of nitrogens with zero attached hydrogens (tertiary/aromatic N) is 1. The van der Waals surface area contributed by atoms with Crippen molar-refractivity contribution in [2.75, 3.05) is 32.8 Å². The van der Waals surface area contributed by atoms with Gasteiger partial charge in [0, 0.05) is 6.54 Å². The van der Waals surface area contributed by atoms with Crippen LogP contribution in [0.5, 0.6) is 5.75 Å². The lowest BCUT2D eigenvalue weighted by molar-refractivity contribution is 0.0466. The van der Waals surface area contributed by atoms with Crippen LogP contribution < -0.4 is 4.74 Å². The lowest BCUT2D eigenvalue weighted by Crippen LogP contribution is -2.27. The molecule has 146 valence electrons. The van der Waals surface area contributed by atoms with E-state index >= 15 is 0 Å². The fourth-order valence-corrected chi connectivity index (χ4v) is 2.64. The summed E-state index contributed by atoms with van der Waals surface area (Å²) < 4.78 is 16.7. The molecule has 0 radical (unpaired) electrons. The minimum Gasteiger partial charge on any atom is -0.493 e. The first-order valence-corrected chi connectivity index (χ1v) is 9.34. The fourth-order valence-electron chi connectivity index (χ4n) is 2.64. The summed E-state index contributed by atoms with van der Waals surface area (Å²) in [5.41, 5.74) is 1.03. The van der Waals surface area contributed by atoms with Crippen LogP contribution in [0.3, 0.4) is 0 Å². The first-order valence-electron chi connectivity index (χ1n) is 9.34. The smallest absolute Gasteiger partial charge is 0.338 e. The van der Waals surface area contributed by atoms with E-state index in [-0.39, 0.29) is 5.76 Å². The average molecular weight is 373 g/mol. The predicted octanol–water partition coefficient (Wildman–Crippen LogP) is 4.05. The SMILES string of the molecule is CCCOc1ccc(C(=O)OCCN(CC)CC)cc1-c1ccc(C=O)o1. The quantitative estimate of drug-likeness (QED) is 0.437. The number of rotatable bonds is 11. The summed E-state index contributed by atoms with van der Waals surface area (Å²) in [5.74, 6) is 0.899. The van der Waals surface area contributed by atoms with Crippen LogP contribution in [0.4, 0.5) is 0 Å². The van der Waals surface area contributed by atoms with Crippen molar-refractivity contribution in [1.82, 2.24) is 4.90 Å². The Kier molecular flexibility index (Phi) is 8.07. The molecule has 27 heavy (non-hydrogen) atoms. The zero-order chi connectivity index (χ0) is 19.6. The Morgan fingerprint density at radius 1 is 1.11 bits per heavy atom. The summed E-state index contributed by atoms with van der Waals surface area (Å²) in [7, 11) is 0. The number of likely N-dealkylation sites (N-methyl/N-ethyl adjacent to an activating group) is 1. The van der Waals surface area contributed by atoms with E-state index in [0.29, 0.717) is 48.7 Å². The molecule has 1 heterocycles. The van der Waals surface area contributed by atoms with E-state index in [4.69, 9.17) is 13.9 Å². The first-order chi connectivity index (χ1) is 13.1. The van der Waals surface area contributed by atoms with Crippen LogP contribution in [0.25, 0.3) is 11.3 Å². The van der Waals surface area contributed by atoms with Crippen LogP contribution >= 0.6 is 0 Å². The zero-order valence-corrected chi connectivity index (χ0v) is 16.2. The molecule has 0 N–H and O–H groups in total. The van der Waals surface area contributed by atoms with Gasteiger partial charge in [-0.25, -0.2) is 4.79 Å². The number of hydrogen-bond acceptors (Lipinski definition) is 6. The van der Waals surface area contributed by atoms with Gasteiger partial charge in [-0.15, -0.1) is 0 Å². The van der Waals surface area contributed by atoms with E-state index in [2.05, 4.69) is 18.7 Å². The van der Waals surface area contributed by atoms with Gasteiger partial charge in [0.25, 0.3) is 0 Å². The molecular formula is C21H27NO5. The van der Waals surface area contributed by atoms with Crippen LogP contribution in [0.1, 0.15) is 48.1 Å². The highest BCUT2D eigenvalue weighted by atomic mass is 16.5. The van der Waals surface area contributed by atoms with Crippen molar-refractivity contribution < 1.29 is 23.5 Å². The van der Waals surface area contributed by atoms with Crippen LogP contribution in [0, 0.1) is 0 Å². The lowest BCUT2D eigenvalue weighted by atomic mass is 10.1. The molecule has 0 saturated carbocycles. The number of carbonyl (C=O) groups is 2. The summed E-state index contributed by atoms with van der Waals surface area (Å²) in [5, 5.41) is 0. The second kappa shape index (κ2) is 10.5. The molecule has 0 unspecified atom stereocenters. The number of benzene rings is 1. The lowest BCUT2D eigenvalue weighted by Gasteiger charge is -2.17. The van der Waals surface area contributed by atoms with E-state index in [9.17, 15) is 9.59 Å². The Morgan fingerprint density at radius 3 is 2.52 bits per heavy atom. The van der Waals surface area contributed by atoms with Crippen LogP contribution in [-0.4, -0.2) is 50.0 Å². The molecule has 6 heteroatoms. The molecule has 0 aliphatic carbocycles. The summed E-state index contributed by atoms with van der Waals surface area (Å²) in [4.78, 5) is 25.5. The Hall–Kier alpha value is -2.60. The molecule has 0 aliphatic heterocycles. The Bertz CT molecular complexity index is 749. The molecule has 2 aromatic rings. The number of ether oxygens (including phenoxy) is 2. The van der Waals surface area contributed by atoms with Crippen molar-refractivity contribution in [3.8, 4) is 17.1 Å². The maximum atomic E-state index is 12.4. The third kappa shape index (κ3) is 5.69. The Labute approximate surface area is 160 Å². The molecule has 0 fully saturated rings. The van der Waals surface area contributed by atoms with E-state index in [1.54, 1.807) is 30.3 Å². The molecule has 6 nitrogen and oxygen atoms in total. The van der Waals surface area contributed by atoms with Gasteiger partial charge in [-0.1, -0.05) is 20.8 Å². The maximum absolute atomic E-state index is 12.4. The number of hydrogen-bond donors (Lipinski definition) is 0. The third-order valence-electron chi connectivity index (χ3n) is 4.22. The Balaban J connectivity index is 2.18. The highest BCUT2D eigenvalue weighted by Crippen LogP contribution is 2.32. The highest BCUT2D eigenvalue weighted by molar-refractivity contribution is 5.91. The maximum Gasteiger partial charge on any atom is 0.338 e. The fraction of sp³-hybridized carbons (Fsp3) is 0.429. The predicted molar refractivity (Wildman–Crippen MR) is 103 cm³/mol. The number of esters is 1. The molecule has 1 aromatic carbocycles. The number of carbonyl (C=O) groups excluding carboxylic acids is 2. The Morgan fingerprint density at radius 2 is 1.89 bits per heavy atom. The van der Waals surface area contributed by atoms with Crippen molar-refractivity contribution in [2.24, 2.45) is 0 Å². The van der Waals surface area contributed by atoms with Gasteiger partial charge in [-0.3, -0.25) is 4.79 Å². The summed E-state index contributed by atoms with van der Waals surface area (Å²) in [6.07, 6.45) is 1.49. The van der Waals surface area contributed by atoms with Gasteiger partial charge in [0.1, 0.15) is 18.1 Å². The van der Waals surface area contributed by atoms with Gasteiger partial charge in [0.2, 0.25) is 0 Å². The number of furan rings is 1. The van der Waals surface area contributed by atoms with E-state index in [1.165, 1.54) is 0 Å². The van der Waals surface area contributed by atoms with Crippen molar-refractivity contribution in [1.29, 1.82) is 0 Å². The molecule has 1 aromatic heterocycles. The van der Waals surface area contributed by atoms with E-state index in [1.807, 2.05) is 6.92 Å². The monoisotopic (exact) mass is 373 g/mol. The second-order valence-corrected chi connectivity index (χ2v) is 6.04. The standard InChI is InChI=1S/C21H27NO5/c1-4-12-25-19-9-7-16(21(24)26-13-11-22(5-2)6-3)14-18(19)20-10-8-17(15-23)27-20/h7-10,14-15H,4-6,11-13H2,1-3H3. The topological polar surface area (TPSA) is 69.0 Å². The van der Waals surface area contributed by atoms with Crippen molar-refractivity contribution in [3.63, 3.8) is 0 Å². The number of aldehydes is 1. The van der Waals surface area contributed by atoms with Crippen LogP contribution in [0.2, 0.25) is 0 Å². The van der Waals surface area contributed by atoms with Crippen LogP contribution in [0.15, 0.2) is 34.7 Å². The highest BCUT2D eigenvalue weighted by Gasteiger charge is 2.16. The van der Waals surface area contributed by atoms with Gasteiger partial charge in [-0.2, -0.15) is 0 Å². The van der Waals surface area contributed by atoms with Crippen molar-refractivity contribution >= 4 is 12.3 Å². The van der Waals surface area contributed by atoms with E-state index < -0.39 is 5.97 Å². The van der Waals surface area contributed by atoms with Gasteiger partial charge in [0.15, 0.2) is 12.0 Å².